The van der Waals surface area contributed by atoms with Crippen molar-refractivity contribution in [1.82, 2.24) is 14.8 Å². The van der Waals surface area contributed by atoms with Gasteiger partial charge in [0.15, 0.2) is 0 Å². The summed E-state index contributed by atoms with van der Waals surface area (Å²) in [6, 6.07) is 0. The zero-order chi connectivity index (χ0) is 19.6. The minimum atomic E-state index is -0.236. The van der Waals surface area contributed by atoms with Crippen molar-refractivity contribution in [2.24, 2.45) is 5.92 Å². The first-order chi connectivity index (χ1) is 13.2. The minimum Gasteiger partial charge on any atom is -0.464 e. The molecule has 5 heteroatoms. The van der Waals surface area contributed by atoms with Gasteiger partial charge in [-0.05, 0) is 12.3 Å². The van der Waals surface area contributed by atoms with Crippen LogP contribution in [0.2, 0.25) is 0 Å². The summed E-state index contributed by atoms with van der Waals surface area (Å²) in [5.41, 5.74) is 0. The van der Waals surface area contributed by atoms with Gasteiger partial charge in [-0.1, -0.05) is 97.3 Å². The number of carbonyl (C=O) groups is 1. The second-order valence-corrected chi connectivity index (χ2v) is 8.09. The average Bonchev–Trinajstić information content (AvgIpc) is 3.14. The Kier molecular flexibility index (Phi) is 14.7. The van der Waals surface area contributed by atoms with Gasteiger partial charge in [-0.2, -0.15) is 5.10 Å². The van der Waals surface area contributed by atoms with E-state index in [4.69, 9.17) is 4.74 Å². The number of esters is 1. The minimum absolute atomic E-state index is 0.151. The second kappa shape index (κ2) is 16.8. The quantitative estimate of drug-likeness (QED) is 0.234. The number of hydrogen-bond acceptors (Lipinski definition) is 4. The standard InChI is InChI=1S/C22H41N3O2/c1-21(2)16-14-12-10-8-6-4-3-5-7-9-11-13-15-17-27-22(26)18-25-20-23-19-24-25/h19-21H,3-18H2,1-2H3. The van der Waals surface area contributed by atoms with Crippen LogP contribution in [0.3, 0.4) is 0 Å². The molecule has 0 spiro atoms. The van der Waals surface area contributed by atoms with Crippen molar-refractivity contribution in [2.45, 2.75) is 110 Å². The highest BCUT2D eigenvalue weighted by Crippen LogP contribution is 2.14. The van der Waals surface area contributed by atoms with Gasteiger partial charge in [0, 0.05) is 0 Å². The topological polar surface area (TPSA) is 57.0 Å². The molecule has 27 heavy (non-hydrogen) atoms. The van der Waals surface area contributed by atoms with Crippen LogP contribution in [0.15, 0.2) is 12.7 Å². The van der Waals surface area contributed by atoms with Crippen LogP contribution in [0.5, 0.6) is 0 Å². The lowest BCUT2D eigenvalue weighted by Gasteiger charge is -2.05. The molecule has 1 rings (SSSR count). The van der Waals surface area contributed by atoms with Crippen LogP contribution in [-0.2, 0) is 16.1 Å². The van der Waals surface area contributed by atoms with Gasteiger partial charge in [0.2, 0.25) is 0 Å². The van der Waals surface area contributed by atoms with Gasteiger partial charge >= 0.3 is 5.97 Å². The first kappa shape index (κ1) is 23.6. The van der Waals surface area contributed by atoms with Crippen molar-refractivity contribution in [3.63, 3.8) is 0 Å². The Morgan fingerprint density at radius 1 is 0.852 bits per heavy atom. The maximum Gasteiger partial charge on any atom is 0.327 e. The van der Waals surface area contributed by atoms with Gasteiger partial charge in [-0.25, -0.2) is 9.67 Å². The number of rotatable bonds is 18. The fourth-order valence-corrected chi connectivity index (χ4v) is 3.28. The normalized spacial score (nSPS) is 11.2. The molecule has 0 aliphatic heterocycles. The fraction of sp³-hybridized carbons (Fsp3) is 0.864. The summed E-state index contributed by atoms with van der Waals surface area (Å²) in [7, 11) is 0. The van der Waals surface area contributed by atoms with Crippen LogP contribution in [0.1, 0.15) is 104 Å². The summed E-state index contributed by atoms with van der Waals surface area (Å²) in [6.45, 7) is 5.30. The average molecular weight is 380 g/mol. The zero-order valence-corrected chi connectivity index (χ0v) is 17.7. The Bertz CT molecular complexity index is 446. The summed E-state index contributed by atoms with van der Waals surface area (Å²) in [4.78, 5) is 15.4. The van der Waals surface area contributed by atoms with E-state index in [0.29, 0.717) is 6.61 Å². The van der Waals surface area contributed by atoms with Crippen LogP contribution < -0.4 is 0 Å². The summed E-state index contributed by atoms with van der Waals surface area (Å²) < 4.78 is 6.69. The fourth-order valence-electron chi connectivity index (χ4n) is 3.28. The first-order valence-electron chi connectivity index (χ1n) is 11.2. The monoisotopic (exact) mass is 379 g/mol. The lowest BCUT2D eigenvalue weighted by Crippen LogP contribution is -2.14. The maximum absolute atomic E-state index is 11.6. The van der Waals surface area contributed by atoms with Gasteiger partial charge in [0.1, 0.15) is 19.2 Å². The van der Waals surface area contributed by atoms with E-state index in [1.807, 2.05) is 0 Å². The Labute approximate surface area is 166 Å². The molecule has 5 nitrogen and oxygen atoms in total. The van der Waals surface area contributed by atoms with Crippen molar-refractivity contribution in [3.8, 4) is 0 Å². The van der Waals surface area contributed by atoms with E-state index in [9.17, 15) is 4.79 Å². The van der Waals surface area contributed by atoms with E-state index < -0.39 is 0 Å². The van der Waals surface area contributed by atoms with Crippen LogP contribution in [0.4, 0.5) is 0 Å². The van der Waals surface area contributed by atoms with E-state index in [0.717, 1.165) is 18.8 Å². The third-order valence-corrected chi connectivity index (χ3v) is 4.95. The van der Waals surface area contributed by atoms with Crippen LogP contribution in [0.25, 0.3) is 0 Å². The Balaban J connectivity index is 1.72. The number of hydrogen-bond donors (Lipinski definition) is 0. The number of carbonyl (C=O) groups excluding carboxylic acids is 1. The highest BCUT2D eigenvalue weighted by molar-refractivity contribution is 5.68. The smallest absolute Gasteiger partial charge is 0.327 e. The molecular weight excluding hydrogens is 338 g/mol. The van der Waals surface area contributed by atoms with Gasteiger partial charge in [0.05, 0.1) is 6.61 Å². The van der Waals surface area contributed by atoms with E-state index >= 15 is 0 Å². The Morgan fingerprint density at radius 2 is 1.37 bits per heavy atom. The molecule has 1 heterocycles. The largest absolute Gasteiger partial charge is 0.464 e. The predicted octanol–water partition coefficient (Wildman–Crippen LogP) is 5.94. The molecular formula is C22H41N3O2. The Morgan fingerprint density at radius 3 is 1.85 bits per heavy atom. The van der Waals surface area contributed by atoms with Crippen molar-refractivity contribution in [2.75, 3.05) is 6.61 Å². The van der Waals surface area contributed by atoms with Crippen molar-refractivity contribution in [1.29, 1.82) is 0 Å². The summed E-state index contributed by atoms with van der Waals surface area (Å²) >= 11 is 0. The summed E-state index contributed by atoms with van der Waals surface area (Å²) in [5, 5.41) is 3.89. The van der Waals surface area contributed by atoms with Gasteiger partial charge < -0.3 is 4.74 Å². The van der Waals surface area contributed by atoms with E-state index in [1.165, 1.54) is 94.4 Å². The number of aromatic nitrogens is 3. The van der Waals surface area contributed by atoms with E-state index in [1.54, 1.807) is 0 Å². The third kappa shape index (κ3) is 15.4. The molecule has 156 valence electrons. The highest BCUT2D eigenvalue weighted by Gasteiger charge is 2.04. The molecule has 0 atom stereocenters. The number of nitrogens with zero attached hydrogens (tertiary/aromatic N) is 3. The van der Waals surface area contributed by atoms with Crippen molar-refractivity contribution >= 4 is 5.97 Å². The molecule has 0 unspecified atom stereocenters. The lowest BCUT2D eigenvalue weighted by atomic mass is 10.0. The molecule has 0 radical (unpaired) electrons. The molecule has 0 bridgehead atoms. The SMILES string of the molecule is CC(C)CCCCCCCCCCCCCCCOC(=O)Cn1cncn1. The molecule has 1 aromatic heterocycles. The van der Waals surface area contributed by atoms with Gasteiger partial charge in [-0.15, -0.1) is 0 Å². The number of ether oxygens (including phenoxy) is 1. The van der Waals surface area contributed by atoms with E-state index in [2.05, 4.69) is 23.9 Å². The highest BCUT2D eigenvalue weighted by atomic mass is 16.5. The molecule has 0 saturated heterocycles. The van der Waals surface area contributed by atoms with Crippen LogP contribution in [0, 0.1) is 5.92 Å². The molecule has 0 amide bonds. The molecule has 0 fully saturated rings. The lowest BCUT2D eigenvalue weighted by molar-refractivity contribution is -0.144. The predicted molar refractivity (Wildman–Crippen MR) is 110 cm³/mol. The zero-order valence-electron chi connectivity index (χ0n) is 17.7. The summed E-state index contributed by atoms with van der Waals surface area (Å²) in [5.74, 6) is 0.630. The van der Waals surface area contributed by atoms with Crippen LogP contribution >= 0.6 is 0 Å². The van der Waals surface area contributed by atoms with Gasteiger partial charge in [-0.3, -0.25) is 4.79 Å². The summed E-state index contributed by atoms with van der Waals surface area (Å²) in [6.07, 6.45) is 21.6. The molecule has 0 aromatic carbocycles. The first-order valence-corrected chi connectivity index (χ1v) is 11.2. The van der Waals surface area contributed by atoms with Crippen LogP contribution in [-0.4, -0.2) is 27.3 Å². The number of unbranched alkanes of at least 4 members (excludes halogenated alkanes) is 12. The molecule has 0 aliphatic rings. The Hall–Kier alpha value is -1.39. The molecule has 0 aliphatic carbocycles. The molecule has 1 aromatic rings. The second-order valence-electron chi connectivity index (χ2n) is 8.09. The van der Waals surface area contributed by atoms with Gasteiger partial charge in [0.25, 0.3) is 0 Å². The van der Waals surface area contributed by atoms with Crippen molar-refractivity contribution in [3.05, 3.63) is 12.7 Å². The molecule has 0 N–H and O–H groups in total. The van der Waals surface area contributed by atoms with E-state index in [-0.39, 0.29) is 12.5 Å². The third-order valence-electron chi connectivity index (χ3n) is 4.95. The maximum atomic E-state index is 11.6. The molecule has 0 saturated carbocycles. The van der Waals surface area contributed by atoms with Crippen molar-refractivity contribution < 1.29 is 9.53 Å².